The largest absolute Gasteiger partial charge is 0.325 e. The van der Waals surface area contributed by atoms with Crippen molar-refractivity contribution in [3.8, 4) is 0 Å². The number of nitrogens with one attached hydrogen (secondary N) is 1. The van der Waals surface area contributed by atoms with Gasteiger partial charge in [-0.05, 0) is 43.0 Å². The normalized spacial score (nSPS) is 18.5. The van der Waals surface area contributed by atoms with Crippen LogP contribution in [0.3, 0.4) is 0 Å². The van der Waals surface area contributed by atoms with E-state index >= 15 is 0 Å². The number of non-ortho nitro benzene ring substituents is 1. The monoisotopic (exact) mass is 348 g/mol. The molecule has 0 unspecified atom stereocenters. The van der Waals surface area contributed by atoms with Crippen LogP contribution in [0.2, 0.25) is 0 Å². The van der Waals surface area contributed by atoms with E-state index in [-0.39, 0.29) is 23.4 Å². The summed E-state index contributed by atoms with van der Waals surface area (Å²) < 4.78 is 0. The summed E-state index contributed by atoms with van der Waals surface area (Å²) in [4.78, 5) is 31.7. The van der Waals surface area contributed by atoms with Crippen molar-refractivity contribution in [2.75, 3.05) is 5.32 Å². The number of nitrogens with zero attached hydrogens (tertiary/aromatic N) is 3. The Labute approximate surface area is 149 Å². The number of aryl methyl sites for hydroxylation is 1. The quantitative estimate of drug-likeness (QED) is 0.574. The van der Waals surface area contributed by atoms with Crippen molar-refractivity contribution in [2.24, 2.45) is 5.92 Å². The van der Waals surface area contributed by atoms with Gasteiger partial charge in [0.1, 0.15) is 0 Å². The summed E-state index contributed by atoms with van der Waals surface area (Å²) in [5.74, 6) is -0.0223. The van der Waals surface area contributed by atoms with Gasteiger partial charge in [0.15, 0.2) is 0 Å². The number of amides is 1. The number of rotatable bonds is 4. The molecule has 3 aromatic rings. The molecule has 7 heteroatoms. The molecule has 1 aromatic carbocycles. The number of benzene rings is 1. The van der Waals surface area contributed by atoms with Crippen molar-refractivity contribution in [3.63, 3.8) is 0 Å². The zero-order valence-corrected chi connectivity index (χ0v) is 14.0. The minimum Gasteiger partial charge on any atom is -0.325 e. The maximum atomic E-state index is 12.6. The lowest BCUT2D eigenvalue weighted by molar-refractivity contribution is -0.384. The summed E-state index contributed by atoms with van der Waals surface area (Å²) in [6.07, 6.45) is 4.27. The number of nitro benzene ring substituents is 1. The second-order valence-electron chi connectivity index (χ2n) is 6.49. The van der Waals surface area contributed by atoms with Crippen LogP contribution in [0, 0.1) is 23.0 Å². The number of carbonyl (C=O) groups is 1. The lowest BCUT2D eigenvalue weighted by Gasteiger charge is -2.10. The first kappa shape index (κ1) is 16.1. The summed E-state index contributed by atoms with van der Waals surface area (Å²) in [6, 6.07) is 10.0. The molecule has 0 radical (unpaired) electrons. The first-order valence-electron chi connectivity index (χ1n) is 8.29. The summed E-state index contributed by atoms with van der Waals surface area (Å²) in [6.45, 7) is 1.83. The molecule has 1 aliphatic rings. The van der Waals surface area contributed by atoms with Crippen LogP contribution in [0.15, 0.2) is 48.8 Å². The Hall–Kier alpha value is -3.35. The van der Waals surface area contributed by atoms with Gasteiger partial charge in [0.25, 0.3) is 5.69 Å². The standard InChI is InChI=1S/C19H16N4O3/c1-11-7-18(16-8-13(23(25)26)4-5-17(16)21-11)22-19(24)15-9-14(15)12-3-2-6-20-10-12/h2-8,10,14-15H,9H2,1H3,(H,21,22,24)/t14-,15+/m0/s1. The number of fused-ring (bicyclic) bond motifs is 1. The van der Waals surface area contributed by atoms with Gasteiger partial charge in [-0.15, -0.1) is 0 Å². The van der Waals surface area contributed by atoms with Crippen molar-refractivity contribution in [1.82, 2.24) is 9.97 Å². The van der Waals surface area contributed by atoms with Crippen LogP contribution in [0.4, 0.5) is 11.4 Å². The molecule has 1 amide bonds. The van der Waals surface area contributed by atoms with Crippen molar-refractivity contribution in [1.29, 1.82) is 0 Å². The third kappa shape index (κ3) is 2.99. The highest BCUT2D eigenvalue weighted by Crippen LogP contribution is 2.47. The molecule has 1 aliphatic carbocycles. The Morgan fingerprint density at radius 2 is 2.15 bits per heavy atom. The predicted octanol–water partition coefficient (Wildman–Crippen LogP) is 3.59. The number of aromatic nitrogens is 2. The minimum atomic E-state index is -0.454. The number of carbonyl (C=O) groups excluding carboxylic acids is 1. The van der Waals surface area contributed by atoms with Crippen molar-refractivity contribution in [3.05, 3.63) is 70.2 Å². The van der Waals surface area contributed by atoms with Gasteiger partial charge >= 0.3 is 0 Å². The summed E-state index contributed by atoms with van der Waals surface area (Å²) in [5.41, 5.74) is 2.93. The second-order valence-corrected chi connectivity index (χ2v) is 6.49. The number of nitro groups is 1. The van der Waals surface area contributed by atoms with Crippen LogP contribution in [0.25, 0.3) is 10.9 Å². The molecule has 2 atom stereocenters. The number of hydrogen-bond donors (Lipinski definition) is 1. The zero-order valence-electron chi connectivity index (χ0n) is 14.0. The smallest absolute Gasteiger partial charge is 0.270 e. The number of pyridine rings is 2. The maximum absolute atomic E-state index is 12.6. The second kappa shape index (κ2) is 6.18. The van der Waals surface area contributed by atoms with Gasteiger partial charge in [0.05, 0.1) is 16.1 Å². The number of hydrogen-bond acceptors (Lipinski definition) is 5. The third-order valence-electron chi connectivity index (χ3n) is 4.63. The molecule has 130 valence electrons. The molecular weight excluding hydrogens is 332 g/mol. The molecule has 1 saturated carbocycles. The lowest BCUT2D eigenvalue weighted by atomic mass is 10.1. The van der Waals surface area contributed by atoms with Gasteiger partial charge in [-0.1, -0.05) is 6.07 Å². The summed E-state index contributed by atoms with van der Waals surface area (Å²) in [7, 11) is 0. The zero-order chi connectivity index (χ0) is 18.3. The van der Waals surface area contributed by atoms with E-state index in [0.29, 0.717) is 16.6 Å². The molecule has 0 aliphatic heterocycles. The molecule has 1 fully saturated rings. The minimum absolute atomic E-state index is 0.0293. The molecule has 0 spiro atoms. The van der Waals surface area contributed by atoms with E-state index < -0.39 is 4.92 Å². The van der Waals surface area contributed by atoms with E-state index in [1.54, 1.807) is 24.5 Å². The molecule has 0 bridgehead atoms. The van der Waals surface area contributed by atoms with Crippen LogP contribution >= 0.6 is 0 Å². The fourth-order valence-electron chi connectivity index (χ4n) is 3.24. The molecule has 26 heavy (non-hydrogen) atoms. The Bertz CT molecular complexity index is 1020. The van der Waals surface area contributed by atoms with Gasteiger partial charge < -0.3 is 5.32 Å². The van der Waals surface area contributed by atoms with Gasteiger partial charge in [-0.2, -0.15) is 0 Å². The molecule has 2 heterocycles. The van der Waals surface area contributed by atoms with E-state index in [1.165, 1.54) is 12.1 Å². The highest BCUT2D eigenvalue weighted by atomic mass is 16.6. The van der Waals surface area contributed by atoms with E-state index in [2.05, 4.69) is 15.3 Å². The number of anilines is 1. The highest BCUT2D eigenvalue weighted by Gasteiger charge is 2.44. The van der Waals surface area contributed by atoms with Crippen LogP contribution in [-0.2, 0) is 4.79 Å². The van der Waals surface area contributed by atoms with Gasteiger partial charge in [-0.3, -0.25) is 24.9 Å². The van der Waals surface area contributed by atoms with Crippen LogP contribution in [-0.4, -0.2) is 20.8 Å². The lowest BCUT2D eigenvalue weighted by Crippen LogP contribution is -2.15. The van der Waals surface area contributed by atoms with Gasteiger partial charge in [0.2, 0.25) is 5.91 Å². The van der Waals surface area contributed by atoms with Crippen LogP contribution < -0.4 is 5.32 Å². The summed E-state index contributed by atoms with van der Waals surface area (Å²) in [5, 5.41) is 14.6. The SMILES string of the molecule is Cc1cc(NC(=O)[C@@H]2C[C@H]2c2cccnc2)c2cc([N+](=O)[O-])ccc2n1. The highest BCUT2D eigenvalue weighted by molar-refractivity contribution is 6.03. The van der Waals surface area contributed by atoms with Crippen LogP contribution in [0.5, 0.6) is 0 Å². The van der Waals surface area contributed by atoms with E-state index in [4.69, 9.17) is 0 Å². The van der Waals surface area contributed by atoms with Gasteiger partial charge in [-0.25, -0.2) is 0 Å². The van der Waals surface area contributed by atoms with Crippen molar-refractivity contribution < 1.29 is 9.72 Å². The maximum Gasteiger partial charge on any atom is 0.270 e. The van der Waals surface area contributed by atoms with Crippen molar-refractivity contribution >= 4 is 28.2 Å². The fraction of sp³-hybridized carbons (Fsp3) is 0.211. The molecule has 0 saturated heterocycles. The van der Waals surface area contributed by atoms with E-state index in [1.807, 2.05) is 19.1 Å². The predicted molar refractivity (Wildman–Crippen MR) is 96.8 cm³/mol. The molecule has 2 aromatic heterocycles. The Morgan fingerprint density at radius 3 is 2.88 bits per heavy atom. The fourth-order valence-corrected chi connectivity index (χ4v) is 3.24. The first-order chi connectivity index (χ1) is 12.5. The topological polar surface area (TPSA) is 98.0 Å². The van der Waals surface area contributed by atoms with E-state index in [0.717, 1.165) is 17.7 Å². The molecule has 1 N–H and O–H groups in total. The molecule has 7 nitrogen and oxygen atoms in total. The average Bonchev–Trinajstić information content (AvgIpc) is 3.43. The summed E-state index contributed by atoms with van der Waals surface area (Å²) >= 11 is 0. The van der Waals surface area contributed by atoms with Crippen LogP contribution in [0.1, 0.15) is 23.6 Å². The van der Waals surface area contributed by atoms with Gasteiger partial charge in [0, 0.05) is 41.5 Å². The Morgan fingerprint density at radius 1 is 1.31 bits per heavy atom. The Kier molecular flexibility index (Phi) is 3.84. The van der Waals surface area contributed by atoms with E-state index in [9.17, 15) is 14.9 Å². The van der Waals surface area contributed by atoms with Crippen molar-refractivity contribution in [2.45, 2.75) is 19.3 Å². The molecular formula is C19H16N4O3. The molecule has 4 rings (SSSR count). The average molecular weight is 348 g/mol. The first-order valence-corrected chi connectivity index (χ1v) is 8.29. The Balaban J connectivity index is 1.61. The third-order valence-corrected chi connectivity index (χ3v) is 4.63.